The highest BCUT2D eigenvalue weighted by molar-refractivity contribution is 5.85. The molecule has 1 aliphatic carbocycles. The van der Waals surface area contributed by atoms with Gasteiger partial charge in [0.05, 0.1) is 6.10 Å². The SMILES string of the molecule is CN[C@H]1C[C@@H](Cc2ccc(-c3ccccc3)cc2)C[C@@H]1O.Cl. The second kappa shape index (κ2) is 7.77. The molecule has 2 nitrogen and oxygen atoms in total. The van der Waals surface area contributed by atoms with Crippen molar-refractivity contribution in [2.75, 3.05) is 7.05 Å². The molecule has 0 saturated heterocycles. The van der Waals surface area contributed by atoms with Gasteiger partial charge in [-0.15, -0.1) is 12.4 Å². The number of hydrogen-bond acceptors (Lipinski definition) is 2. The lowest BCUT2D eigenvalue weighted by atomic mass is 9.96. The van der Waals surface area contributed by atoms with Crippen molar-refractivity contribution in [1.82, 2.24) is 5.32 Å². The molecule has 0 spiro atoms. The largest absolute Gasteiger partial charge is 0.391 e. The number of likely N-dealkylation sites (N-methyl/N-ethyl adjacent to an activating group) is 1. The molecule has 0 aliphatic heterocycles. The standard InChI is InChI=1S/C19H23NO.ClH/c1-20-18-12-15(13-19(18)21)11-14-7-9-17(10-8-14)16-5-3-2-4-6-16;/h2-10,15,18-21H,11-13H2,1H3;1H/t15-,18+,19+;/m1./s1. The second-order valence-corrected chi connectivity index (χ2v) is 6.07. The highest BCUT2D eigenvalue weighted by Gasteiger charge is 2.31. The van der Waals surface area contributed by atoms with E-state index < -0.39 is 0 Å². The van der Waals surface area contributed by atoms with E-state index in [0.29, 0.717) is 5.92 Å². The normalized spacial score (nSPS) is 24.0. The van der Waals surface area contributed by atoms with E-state index in [2.05, 4.69) is 53.8 Å². The number of benzene rings is 2. The van der Waals surface area contributed by atoms with E-state index in [4.69, 9.17) is 0 Å². The molecule has 2 aromatic carbocycles. The summed E-state index contributed by atoms with van der Waals surface area (Å²) >= 11 is 0. The molecule has 2 aromatic rings. The number of nitrogens with one attached hydrogen (secondary N) is 1. The molecule has 118 valence electrons. The van der Waals surface area contributed by atoms with Crippen molar-refractivity contribution in [1.29, 1.82) is 0 Å². The summed E-state index contributed by atoms with van der Waals surface area (Å²) < 4.78 is 0. The monoisotopic (exact) mass is 317 g/mol. The van der Waals surface area contributed by atoms with Gasteiger partial charge in [0.2, 0.25) is 0 Å². The number of halogens is 1. The molecule has 0 bridgehead atoms. The molecule has 0 unspecified atom stereocenters. The first-order valence-corrected chi connectivity index (χ1v) is 7.76. The lowest BCUT2D eigenvalue weighted by Gasteiger charge is -2.12. The van der Waals surface area contributed by atoms with Crippen LogP contribution in [0.2, 0.25) is 0 Å². The zero-order chi connectivity index (χ0) is 14.7. The van der Waals surface area contributed by atoms with Crippen LogP contribution in [0.4, 0.5) is 0 Å². The molecule has 1 saturated carbocycles. The Morgan fingerprint density at radius 1 is 0.955 bits per heavy atom. The van der Waals surface area contributed by atoms with Crippen molar-refractivity contribution in [3.05, 3.63) is 60.2 Å². The number of rotatable bonds is 4. The number of hydrogen-bond donors (Lipinski definition) is 2. The Hall–Kier alpha value is -1.35. The van der Waals surface area contributed by atoms with Crippen LogP contribution in [0.25, 0.3) is 11.1 Å². The van der Waals surface area contributed by atoms with Gasteiger partial charge in [-0.3, -0.25) is 0 Å². The van der Waals surface area contributed by atoms with Gasteiger partial charge in [-0.2, -0.15) is 0 Å². The lowest BCUT2D eigenvalue weighted by Crippen LogP contribution is -2.32. The zero-order valence-electron chi connectivity index (χ0n) is 12.9. The van der Waals surface area contributed by atoms with E-state index in [0.717, 1.165) is 19.3 Å². The second-order valence-electron chi connectivity index (χ2n) is 6.07. The first-order valence-electron chi connectivity index (χ1n) is 7.76. The summed E-state index contributed by atoms with van der Waals surface area (Å²) in [6.45, 7) is 0. The Labute approximate surface area is 139 Å². The van der Waals surface area contributed by atoms with Gasteiger partial charge in [-0.05, 0) is 48.9 Å². The maximum Gasteiger partial charge on any atom is 0.0695 e. The summed E-state index contributed by atoms with van der Waals surface area (Å²) in [6.07, 6.45) is 2.84. The van der Waals surface area contributed by atoms with Crippen LogP contribution < -0.4 is 5.32 Å². The summed E-state index contributed by atoms with van der Waals surface area (Å²) in [7, 11) is 1.94. The van der Waals surface area contributed by atoms with Gasteiger partial charge in [-0.1, -0.05) is 54.6 Å². The van der Waals surface area contributed by atoms with Crippen LogP contribution in [-0.2, 0) is 6.42 Å². The fraction of sp³-hybridized carbons (Fsp3) is 0.368. The molecule has 0 aromatic heterocycles. The van der Waals surface area contributed by atoms with Crippen molar-refractivity contribution in [2.45, 2.75) is 31.4 Å². The summed E-state index contributed by atoms with van der Waals surface area (Å²) in [6, 6.07) is 19.6. The first-order chi connectivity index (χ1) is 10.3. The average Bonchev–Trinajstić information content (AvgIpc) is 2.88. The van der Waals surface area contributed by atoms with E-state index in [9.17, 15) is 5.11 Å². The van der Waals surface area contributed by atoms with Gasteiger partial charge < -0.3 is 10.4 Å². The fourth-order valence-electron chi connectivity index (χ4n) is 3.39. The Bertz CT molecular complexity index is 570. The van der Waals surface area contributed by atoms with Crippen molar-refractivity contribution in [3.8, 4) is 11.1 Å². The molecule has 3 atom stereocenters. The van der Waals surface area contributed by atoms with Crippen LogP contribution in [-0.4, -0.2) is 24.3 Å². The van der Waals surface area contributed by atoms with Crippen molar-refractivity contribution >= 4 is 12.4 Å². The van der Waals surface area contributed by atoms with Crippen LogP contribution in [0.1, 0.15) is 18.4 Å². The third kappa shape index (κ3) is 3.89. The van der Waals surface area contributed by atoms with Crippen LogP contribution in [0.5, 0.6) is 0 Å². The van der Waals surface area contributed by atoms with Gasteiger partial charge in [0.15, 0.2) is 0 Å². The minimum absolute atomic E-state index is 0. The predicted molar refractivity (Wildman–Crippen MR) is 94.4 cm³/mol. The van der Waals surface area contributed by atoms with Crippen LogP contribution in [0, 0.1) is 5.92 Å². The quantitative estimate of drug-likeness (QED) is 0.901. The van der Waals surface area contributed by atoms with Crippen LogP contribution in [0.15, 0.2) is 54.6 Å². The molecule has 1 fully saturated rings. The molecule has 3 rings (SSSR count). The van der Waals surface area contributed by atoms with Crippen molar-refractivity contribution in [2.24, 2.45) is 5.92 Å². The molecular weight excluding hydrogens is 294 g/mol. The molecule has 2 N–H and O–H groups in total. The minimum atomic E-state index is -0.191. The van der Waals surface area contributed by atoms with E-state index in [-0.39, 0.29) is 24.6 Å². The summed E-state index contributed by atoms with van der Waals surface area (Å²) in [5.74, 6) is 0.583. The van der Waals surface area contributed by atoms with Gasteiger partial charge in [0.25, 0.3) is 0 Å². The lowest BCUT2D eigenvalue weighted by molar-refractivity contribution is 0.150. The molecule has 22 heavy (non-hydrogen) atoms. The van der Waals surface area contributed by atoms with Crippen molar-refractivity contribution < 1.29 is 5.11 Å². The Morgan fingerprint density at radius 3 is 2.18 bits per heavy atom. The van der Waals surface area contributed by atoms with E-state index in [1.54, 1.807) is 0 Å². The number of aliphatic hydroxyl groups is 1. The third-order valence-corrected chi connectivity index (χ3v) is 4.58. The third-order valence-electron chi connectivity index (χ3n) is 4.58. The van der Waals surface area contributed by atoms with E-state index in [1.165, 1.54) is 16.7 Å². The predicted octanol–water partition coefficient (Wildman–Crippen LogP) is 3.68. The average molecular weight is 318 g/mol. The van der Waals surface area contributed by atoms with E-state index >= 15 is 0 Å². The first kappa shape index (κ1) is 17.0. The summed E-state index contributed by atoms with van der Waals surface area (Å²) in [4.78, 5) is 0. The summed E-state index contributed by atoms with van der Waals surface area (Å²) in [5.41, 5.74) is 3.89. The minimum Gasteiger partial charge on any atom is -0.391 e. The Balaban J connectivity index is 0.00000176. The number of aliphatic hydroxyl groups excluding tert-OH is 1. The maximum absolute atomic E-state index is 9.97. The zero-order valence-corrected chi connectivity index (χ0v) is 13.7. The maximum atomic E-state index is 9.97. The highest BCUT2D eigenvalue weighted by Crippen LogP contribution is 2.29. The van der Waals surface area contributed by atoms with Gasteiger partial charge in [-0.25, -0.2) is 0 Å². The van der Waals surface area contributed by atoms with Gasteiger partial charge in [0.1, 0.15) is 0 Å². The van der Waals surface area contributed by atoms with Crippen LogP contribution >= 0.6 is 12.4 Å². The van der Waals surface area contributed by atoms with Crippen molar-refractivity contribution in [3.63, 3.8) is 0 Å². The van der Waals surface area contributed by atoms with E-state index in [1.807, 2.05) is 13.1 Å². The Kier molecular flexibility index (Phi) is 6.01. The smallest absolute Gasteiger partial charge is 0.0695 e. The molecule has 0 heterocycles. The highest BCUT2D eigenvalue weighted by atomic mass is 35.5. The molecule has 0 radical (unpaired) electrons. The van der Waals surface area contributed by atoms with Crippen LogP contribution in [0.3, 0.4) is 0 Å². The Morgan fingerprint density at radius 2 is 1.59 bits per heavy atom. The molecule has 1 aliphatic rings. The molecule has 3 heteroatoms. The molecule has 0 amide bonds. The molecular formula is C19H24ClNO. The topological polar surface area (TPSA) is 32.3 Å². The summed E-state index contributed by atoms with van der Waals surface area (Å²) in [5, 5.41) is 13.2. The van der Waals surface area contributed by atoms with Gasteiger partial charge in [0, 0.05) is 6.04 Å². The van der Waals surface area contributed by atoms with Gasteiger partial charge >= 0.3 is 0 Å². The fourth-order valence-corrected chi connectivity index (χ4v) is 3.39.